The molecule has 0 aliphatic heterocycles. The molecule has 0 aromatic rings. The average Bonchev–Trinajstić information content (AvgIpc) is 2.85. The quantitative estimate of drug-likeness (QED) is 0.0705. The summed E-state index contributed by atoms with van der Waals surface area (Å²) >= 11 is 0. The van der Waals surface area contributed by atoms with E-state index in [-0.39, 0.29) is 114 Å². The zero-order valence-electron chi connectivity index (χ0n) is 27.3. The number of unbranched alkanes of at least 4 members (excludes halogenated alkanes) is 2. The van der Waals surface area contributed by atoms with Crippen LogP contribution in [0.4, 0.5) is 0 Å². The second-order valence-electron chi connectivity index (χ2n) is 9.87. The standard InChI is InChI=1S/C20H38O7S.C5H8O7S.3Na/c1-5-9-11-16(7-3)14-26-19(21)13-18(28(23,24)25)20(22)27-15-17(8-4)12-10-6-2;1-5(4(8)9,2-3(6)7)13(10,11)12;;;/h16-18H,5-15H2,1-4H3,(H,23,24,25);2H2,1H3,(H,6,7)(H,8,9)(H,10,11,12);;;/q;;3*+1/p-3. The Balaban J connectivity index is -0.000000270. The SMILES string of the molecule is CC(CC(=O)[O-])(C(=O)[O-])S(=O)(=O)O.CCCCC(CC)COC(=O)CC(C(=O)OCC(CC)CCCC)S(=O)(=O)[O-].[Na+].[Na+].[Na+]. The van der Waals surface area contributed by atoms with E-state index in [0.29, 0.717) is 6.92 Å². The second-order valence-corrected chi connectivity index (χ2v) is 13.3. The molecule has 0 aliphatic rings. The summed E-state index contributed by atoms with van der Waals surface area (Å²) in [6.45, 7) is 8.79. The van der Waals surface area contributed by atoms with Crippen molar-refractivity contribution in [2.45, 2.75) is 109 Å². The Kier molecular flexibility index (Phi) is 34.0. The number of ether oxygens (including phenoxy) is 2. The van der Waals surface area contributed by atoms with Gasteiger partial charge in [-0.2, -0.15) is 8.42 Å². The zero-order valence-corrected chi connectivity index (χ0v) is 34.9. The van der Waals surface area contributed by atoms with Crippen molar-refractivity contribution in [2.75, 3.05) is 13.2 Å². The molecule has 0 amide bonds. The fourth-order valence-corrected chi connectivity index (χ4v) is 4.51. The minimum Gasteiger partial charge on any atom is -0.747 e. The summed E-state index contributed by atoms with van der Waals surface area (Å²) in [4.78, 5) is 44.4. The minimum atomic E-state index is -5.04. The van der Waals surface area contributed by atoms with Crippen molar-refractivity contribution in [3.63, 3.8) is 0 Å². The van der Waals surface area contributed by atoms with Gasteiger partial charge in [-0.1, -0.05) is 66.2 Å². The number of carbonyl (C=O) groups excluding carboxylic acids is 4. The smallest absolute Gasteiger partial charge is 0.747 e. The molecule has 4 unspecified atom stereocenters. The van der Waals surface area contributed by atoms with Crippen LogP contribution >= 0.6 is 0 Å². The van der Waals surface area contributed by atoms with Crippen molar-refractivity contribution in [1.82, 2.24) is 0 Å². The molecule has 0 fully saturated rings. The average molecular weight is 701 g/mol. The van der Waals surface area contributed by atoms with Gasteiger partial charge in [0, 0.05) is 12.4 Å². The maximum absolute atomic E-state index is 12.1. The van der Waals surface area contributed by atoms with Crippen LogP contribution in [0, 0.1) is 11.8 Å². The van der Waals surface area contributed by atoms with Crippen LogP contribution in [0.25, 0.3) is 0 Å². The monoisotopic (exact) mass is 700 g/mol. The topological polar surface area (TPSA) is 244 Å². The number of hydrogen-bond donors (Lipinski definition) is 1. The normalized spacial score (nSPS) is 14.2. The largest absolute Gasteiger partial charge is 1.00 e. The molecule has 19 heteroatoms. The Labute approximate surface area is 327 Å². The maximum atomic E-state index is 12.1. The Hall–Kier alpha value is 0.700. The minimum absolute atomic E-state index is 0. The summed E-state index contributed by atoms with van der Waals surface area (Å²) in [6.07, 6.45) is 5.21. The van der Waals surface area contributed by atoms with Gasteiger partial charge >= 0.3 is 101 Å². The molecule has 1 N–H and O–H groups in total. The first kappa shape index (κ1) is 54.2. The molecule has 0 saturated carbocycles. The van der Waals surface area contributed by atoms with Gasteiger partial charge in [-0.15, -0.1) is 0 Å². The fraction of sp³-hybridized carbons (Fsp3) is 0.840. The Morgan fingerprint density at radius 2 is 1.20 bits per heavy atom. The van der Waals surface area contributed by atoms with E-state index in [0.717, 1.165) is 51.4 Å². The third kappa shape index (κ3) is 23.1. The predicted molar refractivity (Wildman–Crippen MR) is 141 cm³/mol. The third-order valence-electron chi connectivity index (χ3n) is 6.47. The Bertz CT molecular complexity index is 1050. The molecule has 0 aromatic carbocycles. The van der Waals surface area contributed by atoms with Crippen LogP contribution in [-0.2, 0) is 48.9 Å². The van der Waals surface area contributed by atoms with Gasteiger partial charge in [-0.25, -0.2) is 8.42 Å². The number of aliphatic carboxylic acids is 2. The number of carbonyl (C=O) groups is 4. The summed E-state index contributed by atoms with van der Waals surface area (Å²) in [7, 11) is -10.1. The van der Waals surface area contributed by atoms with Crippen molar-refractivity contribution >= 4 is 44.1 Å². The number of rotatable bonds is 20. The van der Waals surface area contributed by atoms with E-state index >= 15 is 0 Å². The summed E-state index contributed by atoms with van der Waals surface area (Å²) in [5.74, 6) is -5.85. The van der Waals surface area contributed by atoms with E-state index in [1.165, 1.54) is 0 Å². The van der Waals surface area contributed by atoms with Crippen molar-refractivity contribution in [3.05, 3.63) is 0 Å². The van der Waals surface area contributed by atoms with E-state index in [4.69, 9.17) is 14.0 Å². The van der Waals surface area contributed by atoms with E-state index in [9.17, 15) is 50.8 Å². The van der Waals surface area contributed by atoms with Crippen LogP contribution < -0.4 is 98.9 Å². The molecular formula is C25H43Na3O14S2. The molecular weight excluding hydrogens is 657 g/mol. The number of hydrogen-bond acceptors (Lipinski definition) is 13. The first-order chi connectivity index (χ1) is 18.8. The molecule has 0 saturated heterocycles. The van der Waals surface area contributed by atoms with Crippen molar-refractivity contribution in [1.29, 1.82) is 0 Å². The molecule has 44 heavy (non-hydrogen) atoms. The molecule has 14 nitrogen and oxygen atoms in total. The molecule has 0 aromatic heterocycles. The van der Waals surface area contributed by atoms with Crippen LogP contribution in [0.2, 0.25) is 0 Å². The van der Waals surface area contributed by atoms with Gasteiger partial charge in [0.15, 0.2) is 5.25 Å². The van der Waals surface area contributed by atoms with Crippen molar-refractivity contribution in [3.8, 4) is 0 Å². The molecule has 0 radical (unpaired) electrons. The summed E-state index contributed by atoms with van der Waals surface area (Å²) in [6, 6.07) is 0. The number of esters is 2. The van der Waals surface area contributed by atoms with Crippen molar-refractivity contribution in [2.24, 2.45) is 11.8 Å². The van der Waals surface area contributed by atoms with Crippen LogP contribution in [0.5, 0.6) is 0 Å². The van der Waals surface area contributed by atoms with Crippen molar-refractivity contribution < 1.29 is 153 Å². The van der Waals surface area contributed by atoms with E-state index in [1.54, 1.807) is 0 Å². The molecule has 242 valence electrons. The first-order valence-corrected chi connectivity index (χ1v) is 16.4. The first-order valence-electron chi connectivity index (χ1n) is 13.5. The summed E-state index contributed by atoms with van der Waals surface area (Å²) in [5, 5.41) is 18.2. The van der Waals surface area contributed by atoms with Crippen LogP contribution in [0.1, 0.15) is 98.8 Å². The summed E-state index contributed by atoms with van der Waals surface area (Å²) in [5.41, 5.74) is 0. The second kappa shape index (κ2) is 27.6. The van der Waals surface area contributed by atoms with Gasteiger partial charge in [0.25, 0.3) is 10.1 Å². The molecule has 0 bridgehead atoms. The number of carboxylic acid groups (broad SMARTS) is 2. The Morgan fingerprint density at radius 3 is 1.48 bits per heavy atom. The predicted octanol–water partition coefficient (Wildman–Crippen LogP) is -8.66. The van der Waals surface area contributed by atoms with Crippen LogP contribution in [-0.4, -0.2) is 73.0 Å². The van der Waals surface area contributed by atoms with Gasteiger partial charge in [-0.3, -0.25) is 14.1 Å². The Morgan fingerprint density at radius 1 is 0.795 bits per heavy atom. The number of carboxylic acids is 2. The third-order valence-corrected chi connectivity index (χ3v) is 8.98. The molecule has 0 aliphatic carbocycles. The van der Waals surface area contributed by atoms with Gasteiger partial charge in [0.2, 0.25) is 0 Å². The summed E-state index contributed by atoms with van der Waals surface area (Å²) < 4.78 is 71.1. The van der Waals surface area contributed by atoms with Gasteiger partial charge in [0.05, 0.1) is 25.6 Å². The van der Waals surface area contributed by atoms with Gasteiger partial charge in [-0.05, 0) is 31.6 Å². The molecule has 0 rings (SSSR count). The van der Waals surface area contributed by atoms with Crippen LogP contribution in [0.3, 0.4) is 0 Å². The van der Waals surface area contributed by atoms with Crippen LogP contribution in [0.15, 0.2) is 0 Å². The molecule has 0 heterocycles. The van der Waals surface area contributed by atoms with Gasteiger partial charge < -0.3 is 33.8 Å². The molecule has 0 spiro atoms. The molecule has 4 atom stereocenters. The van der Waals surface area contributed by atoms with E-state index in [1.807, 2.05) is 13.8 Å². The maximum Gasteiger partial charge on any atom is 1.00 e. The van der Waals surface area contributed by atoms with E-state index < -0.39 is 67.0 Å². The van der Waals surface area contributed by atoms with E-state index in [2.05, 4.69) is 13.8 Å². The fourth-order valence-electron chi connectivity index (χ4n) is 3.36. The van der Waals surface area contributed by atoms with Gasteiger partial charge in [0.1, 0.15) is 14.9 Å². The zero-order chi connectivity index (χ0) is 32.4.